The van der Waals surface area contributed by atoms with Gasteiger partial charge in [0.05, 0.1) is 24.2 Å². The van der Waals surface area contributed by atoms with Gasteiger partial charge in [-0.2, -0.15) is 9.97 Å². The first-order valence-corrected chi connectivity index (χ1v) is 14.1. The van der Waals surface area contributed by atoms with Gasteiger partial charge >= 0.3 is 0 Å². The van der Waals surface area contributed by atoms with Gasteiger partial charge in [-0.15, -0.1) is 0 Å². The fraction of sp³-hybridized carbons (Fsp3) is 0.607. The quantitative estimate of drug-likeness (QED) is 0.450. The minimum absolute atomic E-state index is 0.330. The number of rotatable bonds is 7. The van der Waals surface area contributed by atoms with E-state index in [0.29, 0.717) is 79.7 Å². The summed E-state index contributed by atoms with van der Waals surface area (Å²) in [7, 11) is 0. The highest BCUT2D eigenvalue weighted by Gasteiger charge is 2.29. The molecule has 2 aliphatic heterocycles. The van der Waals surface area contributed by atoms with Gasteiger partial charge in [-0.3, -0.25) is 4.57 Å². The number of benzene rings is 1. The van der Waals surface area contributed by atoms with E-state index in [-0.39, 0.29) is 5.82 Å². The normalized spacial score (nSPS) is 23.5. The molecule has 2 aromatic heterocycles. The molecule has 0 amide bonds. The standard InChI is InChI=1S/C28H36F3N7O/c29-20-9-11-36(12-10-20)21-7-5-19(6-8-21)18-32-28-34-24(37-13-15-39-16-14-37)17-25(35-28)38-23-4-2-1-3-22(23)33-27(38)26(30)31/h1-4,17,19-21,26H,5-16,18H2,(H,32,34,35)/t19-,21+. The van der Waals surface area contributed by atoms with E-state index in [9.17, 15) is 13.2 Å². The maximum Gasteiger partial charge on any atom is 0.296 e. The van der Waals surface area contributed by atoms with Crippen LogP contribution in [0.1, 0.15) is 50.8 Å². The fourth-order valence-electron chi connectivity index (χ4n) is 6.18. The molecule has 39 heavy (non-hydrogen) atoms. The number of ether oxygens (including phenoxy) is 1. The van der Waals surface area contributed by atoms with Crippen LogP contribution in [0.25, 0.3) is 16.9 Å². The zero-order valence-electron chi connectivity index (χ0n) is 22.1. The zero-order chi connectivity index (χ0) is 26.8. The van der Waals surface area contributed by atoms with Crippen LogP contribution in [-0.4, -0.2) is 82.6 Å². The topological polar surface area (TPSA) is 71.3 Å². The van der Waals surface area contributed by atoms with Gasteiger partial charge in [0.2, 0.25) is 5.95 Å². The number of morpholine rings is 1. The third kappa shape index (κ3) is 5.84. The molecule has 2 saturated heterocycles. The lowest BCUT2D eigenvalue weighted by atomic mass is 9.84. The van der Waals surface area contributed by atoms with E-state index >= 15 is 0 Å². The molecule has 8 nitrogen and oxygen atoms in total. The first kappa shape index (κ1) is 26.3. The van der Waals surface area contributed by atoms with Crippen molar-refractivity contribution in [3.8, 4) is 5.82 Å². The highest BCUT2D eigenvalue weighted by atomic mass is 19.3. The number of para-hydroxylation sites is 2. The van der Waals surface area contributed by atoms with Gasteiger partial charge in [-0.25, -0.2) is 18.2 Å². The summed E-state index contributed by atoms with van der Waals surface area (Å²) in [5.74, 6) is 1.63. The molecule has 210 valence electrons. The lowest BCUT2D eigenvalue weighted by molar-refractivity contribution is 0.0828. The van der Waals surface area contributed by atoms with Crippen molar-refractivity contribution < 1.29 is 17.9 Å². The number of imidazole rings is 1. The van der Waals surface area contributed by atoms with E-state index in [4.69, 9.17) is 14.7 Å². The summed E-state index contributed by atoms with van der Waals surface area (Å²) in [5, 5.41) is 3.43. The van der Waals surface area contributed by atoms with Gasteiger partial charge in [0, 0.05) is 44.8 Å². The molecule has 0 unspecified atom stereocenters. The molecule has 6 rings (SSSR count). The van der Waals surface area contributed by atoms with Crippen LogP contribution in [0, 0.1) is 5.92 Å². The maximum atomic E-state index is 14.1. The second-order valence-electron chi connectivity index (χ2n) is 10.9. The number of nitrogens with one attached hydrogen (secondary N) is 1. The molecule has 0 bridgehead atoms. The Labute approximate surface area is 226 Å². The summed E-state index contributed by atoms with van der Waals surface area (Å²) in [5.41, 5.74) is 1.09. The molecule has 1 saturated carbocycles. The third-order valence-corrected chi connectivity index (χ3v) is 8.39. The molecule has 4 heterocycles. The number of nitrogens with zero attached hydrogens (tertiary/aromatic N) is 6. The van der Waals surface area contributed by atoms with Crippen molar-refractivity contribution >= 4 is 22.8 Å². The van der Waals surface area contributed by atoms with Crippen molar-refractivity contribution in [3.05, 3.63) is 36.2 Å². The van der Waals surface area contributed by atoms with E-state index in [1.165, 1.54) is 4.57 Å². The van der Waals surface area contributed by atoms with Crippen LogP contribution >= 0.6 is 0 Å². The Hall–Kier alpha value is -2.92. The molecular formula is C28H36F3N7O. The zero-order valence-corrected chi connectivity index (χ0v) is 22.1. The van der Waals surface area contributed by atoms with Crippen molar-refractivity contribution in [3.63, 3.8) is 0 Å². The smallest absolute Gasteiger partial charge is 0.296 e. The molecule has 3 aromatic rings. The number of anilines is 2. The number of fused-ring (bicyclic) bond motifs is 1. The average Bonchev–Trinajstić information content (AvgIpc) is 3.37. The first-order chi connectivity index (χ1) is 19.0. The van der Waals surface area contributed by atoms with Crippen LogP contribution in [0.3, 0.4) is 0 Å². The highest BCUT2D eigenvalue weighted by Crippen LogP contribution is 2.31. The summed E-state index contributed by atoms with van der Waals surface area (Å²) in [6.45, 7) is 4.97. The van der Waals surface area contributed by atoms with Gasteiger partial charge in [0.15, 0.2) is 5.82 Å². The summed E-state index contributed by atoms with van der Waals surface area (Å²) < 4.78 is 48.7. The number of alkyl halides is 3. The van der Waals surface area contributed by atoms with Crippen LogP contribution in [0.4, 0.5) is 24.9 Å². The average molecular weight is 544 g/mol. The highest BCUT2D eigenvalue weighted by molar-refractivity contribution is 5.78. The van der Waals surface area contributed by atoms with Crippen LogP contribution in [-0.2, 0) is 4.74 Å². The molecule has 3 fully saturated rings. The van der Waals surface area contributed by atoms with Crippen LogP contribution in [0.15, 0.2) is 30.3 Å². The Kier molecular flexibility index (Phi) is 7.87. The summed E-state index contributed by atoms with van der Waals surface area (Å²) in [6.07, 6.45) is 2.32. The molecule has 1 N–H and O–H groups in total. The van der Waals surface area contributed by atoms with Crippen LogP contribution in [0.2, 0.25) is 0 Å². The number of aromatic nitrogens is 4. The van der Waals surface area contributed by atoms with E-state index in [0.717, 1.165) is 45.3 Å². The number of likely N-dealkylation sites (tertiary alicyclic amines) is 1. The second kappa shape index (κ2) is 11.7. The lowest BCUT2D eigenvalue weighted by Crippen LogP contribution is -2.44. The van der Waals surface area contributed by atoms with Crippen molar-refractivity contribution in [2.24, 2.45) is 5.92 Å². The summed E-state index contributed by atoms with van der Waals surface area (Å²) in [4.78, 5) is 18.3. The molecule has 11 heteroatoms. The molecular weight excluding hydrogens is 507 g/mol. The van der Waals surface area contributed by atoms with E-state index in [1.807, 2.05) is 6.07 Å². The van der Waals surface area contributed by atoms with Gasteiger partial charge < -0.3 is 19.9 Å². The first-order valence-electron chi connectivity index (χ1n) is 14.1. The predicted molar refractivity (Wildman–Crippen MR) is 145 cm³/mol. The number of hydrogen-bond donors (Lipinski definition) is 1. The Morgan fingerprint density at radius 2 is 1.62 bits per heavy atom. The Morgan fingerprint density at radius 1 is 0.897 bits per heavy atom. The van der Waals surface area contributed by atoms with Crippen molar-refractivity contribution in [2.75, 3.05) is 56.2 Å². The number of halogens is 3. The summed E-state index contributed by atoms with van der Waals surface area (Å²) >= 11 is 0. The van der Waals surface area contributed by atoms with Gasteiger partial charge in [0.1, 0.15) is 17.8 Å². The lowest BCUT2D eigenvalue weighted by Gasteiger charge is -2.39. The van der Waals surface area contributed by atoms with E-state index < -0.39 is 12.6 Å². The Balaban J connectivity index is 1.21. The maximum absolute atomic E-state index is 14.1. The number of piperidine rings is 1. The Bertz CT molecular complexity index is 1250. The predicted octanol–water partition coefficient (Wildman–Crippen LogP) is 4.99. The van der Waals surface area contributed by atoms with Crippen LogP contribution < -0.4 is 10.2 Å². The summed E-state index contributed by atoms with van der Waals surface area (Å²) in [6, 6.07) is 9.43. The molecule has 3 aliphatic rings. The van der Waals surface area contributed by atoms with Gasteiger partial charge in [-0.1, -0.05) is 12.1 Å². The van der Waals surface area contributed by atoms with Gasteiger partial charge in [-0.05, 0) is 56.6 Å². The minimum Gasteiger partial charge on any atom is -0.378 e. The van der Waals surface area contributed by atoms with Crippen molar-refractivity contribution in [1.82, 2.24) is 24.4 Å². The second-order valence-corrected chi connectivity index (χ2v) is 10.9. The Morgan fingerprint density at radius 3 is 2.36 bits per heavy atom. The molecule has 1 aromatic carbocycles. The SMILES string of the molecule is FC1CCN([C@H]2CC[C@@H](CNc3nc(N4CCOCC4)cc(-n4c(C(F)F)nc5ccccc54)n3)CC2)CC1. The van der Waals surface area contributed by atoms with Crippen molar-refractivity contribution in [1.29, 1.82) is 0 Å². The minimum atomic E-state index is -2.75. The van der Waals surface area contributed by atoms with E-state index in [1.54, 1.807) is 24.3 Å². The fourth-order valence-corrected chi connectivity index (χ4v) is 6.18. The van der Waals surface area contributed by atoms with E-state index in [2.05, 4.69) is 20.1 Å². The third-order valence-electron chi connectivity index (χ3n) is 8.39. The molecule has 0 radical (unpaired) electrons. The van der Waals surface area contributed by atoms with Crippen molar-refractivity contribution in [2.45, 2.75) is 57.2 Å². The molecule has 0 spiro atoms. The molecule has 0 atom stereocenters. The monoisotopic (exact) mass is 543 g/mol. The number of hydrogen-bond acceptors (Lipinski definition) is 7. The van der Waals surface area contributed by atoms with Crippen LogP contribution in [0.5, 0.6) is 0 Å². The van der Waals surface area contributed by atoms with Gasteiger partial charge in [0.25, 0.3) is 6.43 Å². The molecule has 1 aliphatic carbocycles. The largest absolute Gasteiger partial charge is 0.378 e.